The lowest BCUT2D eigenvalue weighted by atomic mass is 10.2. The predicted molar refractivity (Wildman–Crippen MR) is 67.7 cm³/mol. The fourth-order valence-electron chi connectivity index (χ4n) is 1.45. The Morgan fingerprint density at radius 3 is 2.94 bits per heavy atom. The van der Waals surface area contributed by atoms with E-state index in [9.17, 15) is 4.79 Å². The molecule has 0 aliphatic carbocycles. The van der Waals surface area contributed by atoms with E-state index in [-0.39, 0.29) is 5.91 Å². The maximum atomic E-state index is 11.7. The molecule has 1 atom stereocenters. The van der Waals surface area contributed by atoms with Gasteiger partial charge in [0.1, 0.15) is 11.4 Å². The van der Waals surface area contributed by atoms with Crippen LogP contribution in [-0.4, -0.2) is 47.2 Å². The molecule has 1 rings (SSSR count). The lowest BCUT2D eigenvalue weighted by molar-refractivity contribution is 0.0948. The molecule has 0 aliphatic rings. The van der Waals surface area contributed by atoms with Crippen LogP contribution in [0.1, 0.15) is 30.6 Å². The van der Waals surface area contributed by atoms with Crippen LogP contribution in [0.3, 0.4) is 0 Å². The van der Waals surface area contributed by atoms with Gasteiger partial charge in [0, 0.05) is 19.1 Å². The second kappa shape index (κ2) is 6.24. The van der Waals surface area contributed by atoms with Gasteiger partial charge in [-0.2, -0.15) is 5.10 Å². The average molecular weight is 239 g/mol. The Kier molecular flexibility index (Phi) is 4.96. The van der Waals surface area contributed by atoms with E-state index in [0.717, 1.165) is 13.0 Å². The number of carbonyl (C=O) groups excluding carboxylic acids is 1. The van der Waals surface area contributed by atoms with Crippen LogP contribution in [0.2, 0.25) is 0 Å². The second-order valence-corrected chi connectivity index (χ2v) is 4.19. The Morgan fingerprint density at radius 1 is 1.71 bits per heavy atom. The van der Waals surface area contributed by atoms with Crippen molar-refractivity contribution in [3.63, 3.8) is 0 Å². The third kappa shape index (κ3) is 3.74. The van der Waals surface area contributed by atoms with Gasteiger partial charge in [-0.3, -0.25) is 9.89 Å². The highest BCUT2D eigenvalue weighted by Gasteiger charge is 2.11. The molecular formula is C11H21N5O. The molecule has 4 N–H and O–H groups in total. The van der Waals surface area contributed by atoms with E-state index in [0.29, 0.717) is 24.0 Å². The third-order valence-electron chi connectivity index (χ3n) is 3.01. The molecule has 0 saturated heterocycles. The normalized spacial score (nSPS) is 12.7. The minimum absolute atomic E-state index is 0.186. The first-order chi connectivity index (χ1) is 8.06. The van der Waals surface area contributed by atoms with Crippen molar-refractivity contribution in [1.29, 1.82) is 0 Å². The van der Waals surface area contributed by atoms with E-state index in [1.165, 1.54) is 6.20 Å². The van der Waals surface area contributed by atoms with Crippen LogP contribution in [-0.2, 0) is 0 Å². The molecule has 96 valence electrons. The van der Waals surface area contributed by atoms with Gasteiger partial charge in [-0.1, -0.05) is 6.92 Å². The number of likely N-dealkylation sites (N-methyl/N-ethyl adjacent to an activating group) is 1. The van der Waals surface area contributed by atoms with Crippen molar-refractivity contribution < 1.29 is 4.79 Å². The number of aromatic nitrogens is 2. The molecule has 0 saturated carbocycles. The monoisotopic (exact) mass is 239 g/mol. The molecule has 1 unspecified atom stereocenters. The number of hydrogen-bond acceptors (Lipinski definition) is 4. The number of nitrogens with zero attached hydrogens (tertiary/aromatic N) is 2. The van der Waals surface area contributed by atoms with Gasteiger partial charge < -0.3 is 16.0 Å². The standard InChI is InChI=1S/C11H21N5O/c1-4-8(2)16(3)6-5-13-11(17)9-7-14-15-10(9)12/h7-8H,4-6H2,1-3H3,(H,13,17)(H3,12,14,15). The first kappa shape index (κ1) is 13.5. The summed E-state index contributed by atoms with van der Waals surface area (Å²) in [6.07, 6.45) is 2.53. The number of nitrogen functional groups attached to an aromatic ring is 1. The highest BCUT2D eigenvalue weighted by Crippen LogP contribution is 2.05. The summed E-state index contributed by atoms with van der Waals surface area (Å²) < 4.78 is 0. The van der Waals surface area contributed by atoms with E-state index in [1.54, 1.807) is 0 Å². The van der Waals surface area contributed by atoms with Crippen LogP contribution in [0.4, 0.5) is 5.82 Å². The Morgan fingerprint density at radius 2 is 2.41 bits per heavy atom. The van der Waals surface area contributed by atoms with E-state index in [2.05, 4.69) is 34.3 Å². The van der Waals surface area contributed by atoms with Gasteiger partial charge >= 0.3 is 0 Å². The fraction of sp³-hybridized carbons (Fsp3) is 0.636. The molecule has 1 amide bonds. The Bertz CT molecular complexity index is 362. The zero-order valence-corrected chi connectivity index (χ0v) is 10.7. The molecule has 0 aliphatic heterocycles. The maximum absolute atomic E-state index is 11.7. The number of rotatable bonds is 6. The fourth-order valence-corrected chi connectivity index (χ4v) is 1.45. The van der Waals surface area contributed by atoms with E-state index in [4.69, 9.17) is 5.73 Å². The number of nitrogens with one attached hydrogen (secondary N) is 2. The highest BCUT2D eigenvalue weighted by molar-refractivity contribution is 5.98. The van der Waals surface area contributed by atoms with Crippen molar-refractivity contribution in [1.82, 2.24) is 20.4 Å². The van der Waals surface area contributed by atoms with Crippen molar-refractivity contribution in [2.24, 2.45) is 0 Å². The summed E-state index contributed by atoms with van der Waals surface area (Å²) in [5.74, 6) is 0.117. The molecule has 0 bridgehead atoms. The first-order valence-electron chi connectivity index (χ1n) is 5.83. The predicted octanol–water partition coefficient (Wildman–Crippen LogP) is 0.452. The minimum atomic E-state index is -0.186. The highest BCUT2D eigenvalue weighted by atomic mass is 16.1. The Labute approximate surface area is 102 Å². The summed E-state index contributed by atoms with van der Waals surface area (Å²) in [6, 6.07) is 0.519. The smallest absolute Gasteiger partial charge is 0.256 e. The molecule has 0 radical (unpaired) electrons. The summed E-state index contributed by atoms with van der Waals surface area (Å²) in [5.41, 5.74) is 5.95. The number of H-pyrrole nitrogens is 1. The Balaban J connectivity index is 2.32. The van der Waals surface area contributed by atoms with Gasteiger partial charge in [0.05, 0.1) is 6.20 Å². The molecule has 1 aromatic heterocycles. The number of carbonyl (C=O) groups is 1. The van der Waals surface area contributed by atoms with Crippen LogP contribution in [0, 0.1) is 0 Å². The van der Waals surface area contributed by atoms with Gasteiger partial charge in [-0.05, 0) is 20.4 Å². The van der Waals surface area contributed by atoms with Crippen LogP contribution >= 0.6 is 0 Å². The van der Waals surface area contributed by atoms with Gasteiger partial charge in [-0.25, -0.2) is 0 Å². The van der Waals surface area contributed by atoms with Crippen molar-refractivity contribution in [2.75, 3.05) is 25.9 Å². The molecule has 1 aromatic rings. The molecule has 0 fully saturated rings. The van der Waals surface area contributed by atoms with Crippen molar-refractivity contribution in [2.45, 2.75) is 26.3 Å². The number of nitrogens with two attached hydrogens (primary N) is 1. The van der Waals surface area contributed by atoms with E-state index in [1.807, 2.05) is 7.05 Å². The second-order valence-electron chi connectivity index (χ2n) is 4.19. The van der Waals surface area contributed by atoms with Gasteiger partial charge in [-0.15, -0.1) is 0 Å². The number of anilines is 1. The molecule has 0 spiro atoms. The van der Waals surface area contributed by atoms with Crippen LogP contribution in [0.5, 0.6) is 0 Å². The number of amides is 1. The number of hydrogen-bond donors (Lipinski definition) is 3. The molecule has 1 heterocycles. The lowest BCUT2D eigenvalue weighted by Gasteiger charge is -2.23. The topological polar surface area (TPSA) is 87.0 Å². The van der Waals surface area contributed by atoms with E-state index < -0.39 is 0 Å². The first-order valence-corrected chi connectivity index (χ1v) is 5.83. The van der Waals surface area contributed by atoms with Crippen LogP contribution < -0.4 is 11.1 Å². The number of aromatic amines is 1. The third-order valence-corrected chi connectivity index (χ3v) is 3.01. The van der Waals surface area contributed by atoms with Gasteiger partial charge in [0.15, 0.2) is 0 Å². The van der Waals surface area contributed by atoms with Crippen molar-refractivity contribution >= 4 is 11.7 Å². The summed E-state index contributed by atoms with van der Waals surface area (Å²) >= 11 is 0. The minimum Gasteiger partial charge on any atom is -0.383 e. The van der Waals surface area contributed by atoms with Gasteiger partial charge in [0.2, 0.25) is 0 Å². The molecule has 6 nitrogen and oxygen atoms in total. The quantitative estimate of drug-likeness (QED) is 0.672. The molecule has 17 heavy (non-hydrogen) atoms. The van der Waals surface area contributed by atoms with Crippen LogP contribution in [0.15, 0.2) is 6.20 Å². The van der Waals surface area contributed by atoms with E-state index >= 15 is 0 Å². The summed E-state index contributed by atoms with van der Waals surface area (Å²) in [5, 5.41) is 9.05. The lowest BCUT2D eigenvalue weighted by Crippen LogP contribution is -2.37. The summed E-state index contributed by atoms with van der Waals surface area (Å²) in [4.78, 5) is 13.9. The molecule has 6 heteroatoms. The molecule has 0 aromatic carbocycles. The van der Waals surface area contributed by atoms with Gasteiger partial charge in [0.25, 0.3) is 5.91 Å². The zero-order valence-electron chi connectivity index (χ0n) is 10.7. The van der Waals surface area contributed by atoms with Crippen molar-refractivity contribution in [3.05, 3.63) is 11.8 Å². The Hall–Kier alpha value is -1.56. The summed E-state index contributed by atoms with van der Waals surface area (Å²) in [6.45, 7) is 5.73. The maximum Gasteiger partial charge on any atom is 0.256 e. The average Bonchev–Trinajstić information content (AvgIpc) is 2.74. The largest absolute Gasteiger partial charge is 0.383 e. The van der Waals surface area contributed by atoms with Crippen LogP contribution in [0.25, 0.3) is 0 Å². The summed E-state index contributed by atoms with van der Waals surface area (Å²) in [7, 11) is 2.05. The molecular weight excluding hydrogens is 218 g/mol. The van der Waals surface area contributed by atoms with Crippen molar-refractivity contribution in [3.8, 4) is 0 Å². The SMILES string of the molecule is CCC(C)N(C)CCNC(=O)c1cn[nH]c1N. The zero-order chi connectivity index (χ0) is 12.8.